The van der Waals surface area contributed by atoms with Gasteiger partial charge in [-0.3, -0.25) is 0 Å². The summed E-state index contributed by atoms with van der Waals surface area (Å²) in [6.45, 7) is 13.3. The Hall–Kier alpha value is -3.31. The average molecular weight is 570 g/mol. The Balaban J connectivity index is 1.72. The average Bonchev–Trinajstić information content (AvgIpc) is 2.87. The molecule has 3 aromatic rings. The van der Waals surface area contributed by atoms with Gasteiger partial charge >= 0.3 is 5.97 Å². The van der Waals surface area contributed by atoms with Crippen molar-refractivity contribution in [1.29, 1.82) is 0 Å². The summed E-state index contributed by atoms with van der Waals surface area (Å²) in [5.74, 6) is 1.06. The molecule has 3 N–H and O–H groups in total. The van der Waals surface area contributed by atoms with Crippen LogP contribution >= 0.6 is 0 Å². The summed E-state index contributed by atoms with van der Waals surface area (Å²) < 4.78 is 35.5. The van der Waals surface area contributed by atoms with E-state index in [9.17, 15) is 13.2 Å². The van der Waals surface area contributed by atoms with Gasteiger partial charge in [0.1, 0.15) is 27.6 Å². The zero-order valence-corrected chi connectivity index (χ0v) is 25.2. The summed E-state index contributed by atoms with van der Waals surface area (Å²) in [5, 5.41) is 4.21. The van der Waals surface area contributed by atoms with Gasteiger partial charge in [-0.1, -0.05) is 20.8 Å². The predicted octanol–water partition coefficient (Wildman–Crippen LogP) is 4.78. The molecule has 40 heavy (non-hydrogen) atoms. The molecule has 0 spiro atoms. The van der Waals surface area contributed by atoms with Gasteiger partial charge < -0.3 is 20.5 Å². The first-order chi connectivity index (χ1) is 18.5. The highest BCUT2D eigenvalue weighted by molar-refractivity contribution is 7.91. The predicted molar refractivity (Wildman–Crippen MR) is 156 cm³/mol. The molecule has 0 aromatic carbocycles. The number of ether oxygens (including phenoxy) is 2. The summed E-state index contributed by atoms with van der Waals surface area (Å²) in [6, 6.07) is 5.33. The fourth-order valence-corrected chi connectivity index (χ4v) is 5.30. The highest BCUT2D eigenvalue weighted by atomic mass is 32.2. The first-order valence-corrected chi connectivity index (χ1v) is 15.4. The highest BCUT2D eigenvalue weighted by Crippen LogP contribution is 2.37. The van der Waals surface area contributed by atoms with Gasteiger partial charge in [0, 0.05) is 36.0 Å². The molecule has 0 aliphatic carbocycles. The number of carbonyl (C=O) groups is 1. The number of cyclic esters (lactones) is 1. The van der Waals surface area contributed by atoms with Crippen molar-refractivity contribution in [1.82, 2.24) is 15.0 Å². The van der Waals surface area contributed by atoms with E-state index >= 15 is 0 Å². The van der Waals surface area contributed by atoms with Gasteiger partial charge in [-0.05, 0) is 63.3 Å². The van der Waals surface area contributed by atoms with E-state index in [4.69, 9.17) is 20.2 Å². The topological polar surface area (TPSA) is 146 Å². The van der Waals surface area contributed by atoms with Crippen molar-refractivity contribution < 1.29 is 22.7 Å². The van der Waals surface area contributed by atoms with Gasteiger partial charge in [0.15, 0.2) is 0 Å². The number of nitrogens with two attached hydrogens (primary N) is 1. The Kier molecular flexibility index (Phi) is 7.85. The van der Waals surface area contributed by atoms with E-state index in [1.54, 1.807) is 31.5 Å². The van der Waals surface area contributed by atoms with Gasteiger partial charge in [0.05, 0.1) is 28.0 Å². The maximum Gasteiger partial charge on any atom is 0.340 e. The largest absolute Gasteiger partial charge is 0.474 e. The van der Waals surface area contributed by atoms with E-state index in [0.29, 0.717) is 47.0 Å². The molecule has 4 rings (SSSR count). The fraction of sp³-hybridized carbons (Fsp3) is 0.517. The maximum absolute atomic E-state index is 12.4. The summed E-state index contributed by atoms with van der Waals surface area (Å²) in [6.07, 6.45) is 4.90. The fourth-order valence-electron chi connectivity index (χ4n) is 4.68. The first kappa shape index (κ1) is 29.7. The van der Waals surface area contributed by atoms with Crippen molar-refractivity contribution in [3.8, 4) is 5.88 Å². The van der Waals surface area contributed by atoms with Crippen LogP contribution in [0, 0.1) is 0 Å². The summed E-state index contributed by atoms with van der Waals surface area (Å²) in [4.78, 5) is 26.3. The minimum absolute atomic E-state index is 0.318. The van der Waals surface area contributed by atoms with E-state index in [2.05, 4.69) is 15.3 Å². The van der Waals surface area contributed by atoms with Crippen LogP contribution in [0.5, 0.6) is 5.88 Å². The quantitative estimate of drug-likeness (QED) is 0.345. The van der Waals surface area contributed by atoms with Crippen LogP contribution in [-0.4, -0.2) is 53.1 Å². The monoisotopic (exact) mass is 569 g/mol. The number of nitrogens with zero attached hydrogens (tertiary/aromatic N) is 3. The molecule has 1 aliphatic rings. The molecule has 0 bridgehead atoms. The van der Waals surface area contributed by atoms with Crippen molar-refractivity contribution in [3.05, 3.63) is 47.4 Å². The number of rotatable bonds is 9. The molecule has 0 fully saturated rings. The second-order valence-electron chi connectivity index (χ2n) is 11.7. The zero-order chi connectivity index (χ0) is 29.6. The molecular weight excluding hydrogens is 530 g/mol. The van der Waals surface area contributed by atoms with Crippen molar-refractivity contribution in [2.45, 2.75) is 89.7 Å². The number of pyridine rings is 3. The smallest absolute Gasteiger partial charge is 0.340 e. The lowest BCUT2D eigenvalue weighted by molar-refractivity contribution is 0.00864. The van der Waals surface area contributed by atoms with E-state index in [-0.39, 0.29) is 12.1 Å². The van der Waals surface area contributed by atoms with Crippen LogP contribution in [0.1, 0.15) is 82.9 Å². The number of fused-ring (bicyclic) bond motifs is 2. The number of hydrogen-bond acceptors (Lipinski definition) is 10. The van der Waals surface area contributed by atoms with Gasteiger partial charge in [-0.2, -0.15) is 0 Å². The molecule has 4 heterocycles. The van der Waals surface area contributed by atoms with Gasteiger partial charge in [-0.15, -0.1) is 0 Å². The molecule has 11 heteroatoms. The molecule has 0 unspecified atom stereocenters. The zero-order valence-electron chi connectivity index (χ0n) is 24.4. The lowest BCUT2D eigenvalue weighted by Crippen LogP contribution is -2.42. The molecule has 1 aliphatic heterocycles. The molecular formula is C29H39N5O5S. The van der Waals surface area contributed by atoms with Gasteiger partial charge in [0.25, 0.3) is 0 Å². The van der Waals surface area contributed by atoms with E-state index in [0.717, 1.165) is 10.9 Å². The van der Waals surface area contributed by atoms with E-state index < -0.39 is 32.1 Å². The molecule has 216 valence electrons. The maximum atomic E-state index is 12.4. The van der Waals surface area contributed by atoms with Gasteiger partial charge in [0.2, 0.25) is 5.88 Å². The molecule has 0 saturated heterocycles. The number of nitrogens with one attached hydrogen (secondary N) is 1. The molecule has 4 atom stereocenters. The minimum Gasteiger partial charge on any atom is -0.474 e. The van der Waals surface area contributed by atoms with E-state index in [1.165, 1.54) is 6.26 Å². The summed E-state index contributed by atoms with van der Waals surface area (Å²) >= 11 is 0. The first-order valence-electron chi connectivity index (χ1n) is 13.5. The Morgan fingerprint density at radius 2 is 1.88 bits per heavy atom. The highest BCUT2D eigenvalue weighted by Gasteiger charge is 2.41. The van der Waals surface area contributed by atoms with Crippen LogP contribution in [0.2, 0.25) is 0 Å². The SMILES string of the molecule is CC[C@@](C)(N)c1cnc(O[C@H](C)C[C@@H](C)S(C)(=O)=O)c2cnc(Nc3ccc4c(n3)C(C)(C)[C@@H](C)OC4=O)cc12. The van der Waals surface area contributed by atoms with Crippen LogP contribution in [-0.2, 0) is 25.5 Å². The Bertz CT molecular complexity index is 1550. The molecule has 0 amide bonds. The van der Waals surface area contributed by atoms with Crippen molar-refractivity contribution in [3.63, 3.8) is 0 Å². The minimum atomic E-state index is -3.19. The number of carbonyl (C=O) groups excluding carboxylic acids is 1. The lowest BCUT2D eigenvalue weighted by atomic mass is 9.79. The van der Waals surface area contributed by atoms with Crippen LogP contribution in [0.25, 0.3) is 10.8 Å². The number of anilines is 2. The summed E-state index contributed by atoms with van der Waals surface area (Å²) in [5.41, 5.74) is 7.49. The molecule has 0 saturated carbocycles. The number of esters is 1. The second-order valence-corrected chi connectivity index (χ2v) is 14.1. The Labute approximate surface area is 236 Å². The van der Waals surface area contributed by atoms with E-state index in [1.807, 2.05) is 47.6 Å². The molecule has 10 nitrogen and oxygen atoms in total. The van der Waals surface area contributed by atoms with Crippen molar-refractivity contribution in [2.24, 2.45) is 5.73 Å². The van der Waals surface area contributed by atoms with Crippen LogP contribution < -0.4 is 15.8 Å². The van der Waals surface area contributed by atoms with Crippen molar-refractivity contribution >= 4 is 38.2 Å². The Morgan fingerprint density at radius 3 is 2.52 bits per heavy atom. The molecule has 0 radical (unpaired) electrons. The number of aromatic nitrogens is 3. The number of sulfone groups is 1. The van der Waals surface area contributed by atoms with Crippen LogP contribution in [0.3, 0.4) is 0 Å². The lowest BCUT2D eigenvalue weighted by Gasteiger charge is -2.36. The normalized spacial score (nSPS) is 19.7. The molecule has 3 aromatic heterocycles. The van der Waals surface area contributed by atoms with Crippen LogP contribution in [0.15, 0.2) is 30.6 Å². The second kappa shape index (κ2) is 10.6. The third-order valence-corrected chi connectivity index (χ3v) is 9.73. The van der Waals surface area contributed by atoms with Gasteiger partial charge in [-0.25, -0.2) is 28.2 Å². The van der Waals surface area contributed by atoms with Crippen LogP contribution in [0.4, 0.5) is 11.6 Å². The Morgan fingerprint density at radius 1 is 1.18 bits per heavy atom. The third kappa shape index (κ3) is 5.76. The third-order valence-electron chi connectivity index (χ3n) is 8.07. The summed E-state index contributed by atoms with van der Waals surface area (Å²) in [7, 11) is -3.19. The number of hydrogen-bond donors (Lipinski definition) is 2. The van der Waals surface area contributed by atoms with Crippen molar-refractivity contribution in [2.75, 3.05) is 11.6 Å². The standard InChI is InChI=1S/C29H39N5O5S/c1-9-29(7,30)22-15-32-26(38-16(2)12-17(3)40(8,36)37)21-14-31-24(13-20(21)22)33-23-11-10-19-25(34-23)28(5,6)18(4)39-27(19)35/h10-11,13-18H,9,12,30H2,1-8H3,(H,31,33,34)/t16-,17-,18-,29-/m1/s1.